The molecule has 0 radical (unpaired) electrons. The molecular formula is C29H32N2O2. The minimum absolute atomic E-state index is 0.0648. The molecule has 1 aliphatic rings. The standard InChI is InChI=1S/C29H32N2O2/c1-19(33)31-25-15-11-23(12-16-25)29(4,5)27-21-8-6-7-20(17-21)26(27)28(2,3)22-9-13-24(14-10-22)30-18-32/h6-18,26-27H,1-5H3,(H,30,32)(H,31,33). The van der Waals surface area contributed by atoms with Crippen molar-refractivity contribution in [2.75, 3.05) is 10.6 Å². The maximum Gasteiger partial charge on any atom is 0.221 e. The van der Waals surface area contributed by atoms with Crippen molar-refractivity contribution in [3.63, 3.8) is 0 Å². The average molecular weight is 441 g/mol. The number of benzene rings is 3. The van der Waals surface area contributed by atoms with Crippen molar-refractivity contribution in [2.24, 2.45) is 0 Å². The Balaban J connectivity index is 1.73. The Hall–Kier alpha value is -3.40. The van der Waals surface area contributed by atoms with E-state index < -0.39 is 0 Å². The molecule has 0 spiro atoms. The van der Waals surface area contributed by atoms with Crippen LogP contribution in [-0.4, -0.2) is 12.3 Å². The van der Waals surface area contributed by atoms with Gasteiger partial charge in [0.05, 0.1) is 0 Å². The van der Waals surface area contributed by atoms with Crippen LogP contribution in [0, 0.1) is 0 Å². The van der Waals surface area contributed by atoms with Crippen LogP contribution in [0.5, 0.6) is 0 Å². The molecule has 170 valence electrons. The summed E-state index contributed by atoms with van der Waals surface area (Å²) >= 11 is 0. The van der Waals surface area contributed by atoms with Crippen molar-refractivity contribution in [3.05, 3.63) is 95.1 Å². The maximum absolute atomic E-state index is 11.4. The van der Waals surface area contributed by atoms with Crippen LogP contribution in [-0.2, 0) is 20.4 Å². The Morgan fingerprint density at radius 2 is 1.21 bits per heavy atom. The summed E-state index contributed by atoms with van der Waals surface area (Å²) in [4.78, 5) is 22.2. The normalized spacial score (nSPS) is 17.5. The zero-order valence-corrected chi connectivity index (χ0v) is 20.0. The van der Waals surface area contributed by atoms with Crippen LogP contribution in [0.2, 0.25) is 0 Å². The summed E-state index contributed by atoms with van der Waals surface area (Å²) in [5, 5.41) is 5.59. The lowest BCUT2D eigenvalue weighted by Crippen LogP contribution is -2.37. The molecular weight excluding hydrogens is 408 g/mol. The predicted molar refractivity (Wildman–Crippen MR) is 135 cm³/mol. The first-order chi connectivity index (χ1) is 15.6. The molecule has 0 aliphatic heterocycles. The molecule has 2 atom stereocenters. The third kappa shape index (κ3) is 4.18. The highest BCUT2D eigenvalue weighted by molar-refractivity contribution is 5.88. The summed E-state index contributed by atoms with van der Waals surface area (Å²) < 4.78 is 0. The molecule has 0 saturated heterocycles. The molecule has 0 aromatic heterocycles. The number of hydrogen-bond donors (Lipinski definition) is 2. The Morgan fingerprint density at radius 1 is 0.758 bits per heavy atom. The highest BCUT2D eigenvalue weighted by atomic mass is 16.1. The van der Waals surface area contributed by atoms with Gasteiger partial charge < -0.3 is 10.6 Å². The molecule has 1 aliphatic carbocycles. The molecule has 0 heterocycles. The summed E-state index contributed by atoms with van der Waals surface area (Å²) in [5.41, 5.74) is 6.56. The molecule has 2 bridgehead atoms. The summed E-state index contributed by atoms with van der Waals surface area (Å²) in [6, 6.07) is 25.4. The predicted octanol–water partition coefficient (Wildman–Crippen LogP) is 6.35. The first-order valence-corrected chi connectivity index (χ1v) is 11.4. The highest BCUT2D eigenvalue weighted by Crippen LogP contribution is 2.58. The molecule has 33 heavy (non-hydrogen) atoms. The van der Waals surface area contributed by atoms with Gasteiger partial charge >= 0.3 is 0 Å². The lowest BCUT2D eigenvalue weighted by atomic mass is 9.59. The number of carbonyl (C=O) groups excluding carboxylic acids is 2. The third-order valence-corrected chi connectivity index (χ3v) is 7.32. The summed E-state index contributed by atoms with van der Waals surface area (Å²) in [6.07, 6.45) is 0.706. The molecule has 4 nitrogen and oxygen atoms in total. The molecule has 3 aromatic carbocycles. The van der Waals surface area contributed by atoms with E-state index >= 15 is 0 Å². The van der Waals surface area contributed by atoms with E-state index in [1.165, 1.54) is 29.2 Å². The van der Waals surface area contributed by atoms with Gasteiger partial charge in [-0.2, -0.15) is 0 Å². The number of fused-ring (bicyclic) bond motifs is 2. The summed E-state index contributed by atoms with van der Waals surface area (Å²) in [5.74, 6) is 0.513. The van der Waals surface area contributed by atoms with Gasteiger partial charge in [0.15, 0.2) is 0 Å². The molecule has 0 saturated carbocycles. The first-order valence-electron chi connectivity index (χ1n) is 11.4. The van der Waals surface area contributed by atoms with E-state index in [0.717, 1.165) is 11.4 Å². The van der Waals surface area contributed by atoms with E-state index in [9.17, 15) is 9.59 Å². The Kier molecular flexibility index (Phi) is 5.87. The first kappa shape index (κ1) is 22.8. The van der Waals surface area contributed by atoms with E-state index in [1.807, 2.05) is 24.3 Å². The minimum atomic E-state index is -0.133. The fourth-order valence-corrected chi connectivity index (χ4v) is 5.61. The van der Waals surface area contributed by atoms with Crippen LogP contribution in [0.4, 0.5) is 11.4 Å². The smallest absolute Gasteiger partial charge is 0.221 e. The second kappa shape index (κ2) is 8.51. The van der Waals surface area contributed by atoms with Crippen molar-refractivity contribution >= 4 is 23.7 Å². The Morgan fingerprint density at radius 3 is 1.64 bits per heavy atom. The topological polar surface area (TPSA) is 58.2 Å². The molecule has 3 aromatic rings. The van der Waals surface area contributed by atoms with Crippen molar-refractivity contribution < 1.29 is 9.59 Å². The van der Waals surface area contributed by atoms with E-state index in [2.05, 4.69) is 86.9 Å². The highest BCUT2D eigenvalue weighted by Gasteiger charge is 2.48. The zero-order valence-electron chi connectivity index (χ0n) is 20.0. The molecule has 2 unspecified atom stereocenters. The van der Waals surface area contributed by atoms with Gasteiger partial charge in [0.25, 0.3) is 0 Å². The fourth-order valence-electron chi connectivity index (χ4n) is 5.61. The van der Waals surface area contributed by atoms with Crippen LogP contribution in [0.25, 0.3) is 0 Å². The lowest BCUT2D eigenvalue weighted by molar-refractivity contribution is -0.114. The van der Waals surface area contributed by atoms with E-state index in [4.69, 9.17) is 0 Å². The summed E-state index contributed by atoms with van der Waals surface area (Å²) in [7, 11) is 0. The van der Waals surface area contributed by atoms with E-state index in [1.54, 1.807) is 0 Å². The number of hydrogen-bond acceptors (Lipinski definition) is 2. The maximum atomic E-state index is 11.4. The van der Waals surface area contributed by atoms with Crippen molar-refractivity contribution in [3.8, 4) is 0 Å². The SMILES string of the molecule is CC(=O)Nc1ccc(C(C)(C)C2c3cccc(c3)C2C(C)(C)c2ccc(NC=O)cc2)cc1. The zero-order chi connectivity index (χ0) is 23.8. The van der Waals surface area contributed by atoms with Crippen LogP contribution in [0.1, 0.15) is 68.7 Å². The van der Waals surface area contributed by atoms with E-state index in [-0.39, 0.29) is 28.6 Å². The molecule has 4 rings (SSSR count). The van der Waals surface area contributed by atoms with Gasteiger partial charge in [0, 0.05) is 30.1 Å². The van der Waals surface area contributed by atoms with Gasteiger partial charge in [0.2, 0.25) is 12.3 Å². The van der Waals surface area contributed by atoms with E-state index in [0.29, 0.717) is 6.41 Å². The van der Waals surface area contributed by atoms with Gasteiger partial charge in [-0.15, -0.1) is 0 Å². The fraction of sp³-hybridized carbons (Fsp3) is 0.310. The lowest BCUT2D eigenvalue weighted by Gasteiger charge is -2.44. The number of anilines is 2. The second-order valence-electron chi connectivity index (χ2n) is 10.2. The van der Waals surface area contributed by atoms with Crippen LogP contribution in [0.3, 0.4) is 0 Å². The number of carbonyl (C=O) groups is 2. The Bertz CT molecular complexity index is 1160. The summed E-state index contributed by atoms with van der Waals surface area (Å²) in [6.45, 7) is 10.8. The van der Waals surface area contributed by atoms with Crippen LogP contribution >= 0.6 is 0 Å². The Labute approximate surface area is 196 Å². The van der Waals surface area contributed by atoms with Gasteiger partial charge in [-0.3, -0.25) is 9.59 Å². The quantitative estimate of drug-likeness (QED) is 0.421. The molecule has 2 amide bonds. The van der Waals surface area contributed by atoms with Crippen LogP contribution in [0.15, 0.2) is 72.8 Å². The second-order valence-corrected chi connectivity index (χ2v) is 10.2. The third-order valence-electron chi connectivity index (χ3n) is 7.32. The van der Waals surface area contributed by atoms with Crippen molar-refractivity contribution in [2.45, 2.75) is 57.3 Å². The van der Waals surface area contributed by atoms with Gasteiger partial charge in [0.1, 0.15) is 0 Å². The van der Waals surface area contributed by atoms with Crippen molar-refractivity contribution in [1.29, 1.82) is 0 Å². The number of amides is 2. The monoisotopic (exact) mass is 440 g/mol. The molecule has 2 N–H and O–H groups in total. The van der Waals surface area contributed by atoms with Gasteiger partial charge in [-0.25, -0.2) is 0 Å². The molecule has 4 heteroatoms. The molecule has 0 fully saturated rings. The largest absolute Gasteiger partial charge is 0.329 e. The number of rotatable bonds is 7. The van der Waals surface area contributed by atoms with Gasteiger partial charge in [-0.05, 0) is 57.3 Å². The average Bonchev–Trinajstić information content (AvgIpc) is 3.05. The van der Waals surface area contributed by atoms with Crippen LogP contribution < -0.4 is 10.6 Å². The number of nitrogens with one attached hydrogen (secondary N) is 2. The van der Waals surface area contributed by atoms with Gasteiger partial charge in [-0.1, -0.05) is 76.2 Å². The van der Waals surface area contributed by atoms with Crippen molar-refractivity contribution in [1.82, 2.24) is 0 Å². The minimum Gasteiger partial charge on any atom is -0.329 e.